The number of likely N-dealkylation sites (tertiary alicyclic amines) is 1. The summed E-state index contributed by atoms with van der Waals surface area (Å²) in [5.74, 6) is 1.21. The number of benzene rings is 1. The van der Waals surface area contributed by atoms with Crippen LogP contribution in [0.25, 0.3) is 0 Å². The number of rotatable bonds is 7. The SMILES string of the molecule is C=CC(=O)N1CCN(c2nc(OCC)nc(C[C@@H]3CCc4c(F)cccc4C3)c2CC)CC1.CCC#N.CN1CCCC1. The Balaban J connectivity index is 0.000000432. The predicted octanol–water partition coefficient (Wildman–Crippen LogP) is 5.39. The fourth-order valence-corrected chi connectivity index (χ4v) is 5.91. The molecule has 9 heteroatoms. The molecule has 0 spiro atoms. The normalized spacial score (nSPS) is 17.9. The zero-order chi connectivity index (χ0) is 31.2. The molecule has 2 aliphatic heterocycles. The number of aromatic nitrogens is 2. The molecule has 0 radical (unpaired) electrons. The van der Waals surface area contributed by atoms with Crippen molar-refractivity contribution in [2.75, 3.05) is 57.8 Å². The molecule has 1 aliphatic carbocycles. The van der Waals surface area contributed by atoms with E-state index in [4.69, 9.17) is 20.0 Å². The first-order valence-electron chi connectivity index (χ1n) is 15.9. The lowest BCUT2D eigenvalue weighted by atomic mass is 9.81. The van der Waals surface area contributed by atoms with Crippen LogP contribution in [-0.4, -0.2) is 78.6 Å². The number of carbonyl (C=O) groups excluding carboxylic acids is 1. The Morgan fingerprint density at radius 2 is 1.84 bits per heavy atom. The van der Waals surface area contributed by atoms with E-state index in [9.17, 15) is 9.18 Å². The van der Waals surface area contributed by atoms with Gasteiger partial charge in [0.1, 0.15) is 11.6 Å². The van der Waals surface area contributed by atoms with Crippen LogP contribution in [0.3, 0.4) is 0 Å². The zero-order valence-corrected chi connectivity index (χ0v) is 26.6. The molecule has 2 aromatic rings. The third kappa shape index (κ3) is 9.75. The Hall–Kier alpha value is -3.51. The molecule has 234 valence electrons. The van der Waals surface area contributed by atoms with Crippen molar-refractivity contribution < 1.29 is 13.9 Å². The smallest absolute Gasteiger partial charge is 0.318 e. The number of anilines is 1. The van der Waals surface area contributed by atoms with Gasteiger partial charge >= 0.3 is 6.01 Å². The van der Waals surface area contributed by atoms with Crippen LogP contribution in [0.1, 0.15) is 68.8 Å². The van der Waals surface area contributed by atoms with Crippen LogP contribution in [0, 0.1) is 23.1 Å². The molecule has 2 fully saturated rings. The van der Waals surface area contributed by atoms with Crippen LogP contribution in [0.2, 0.25) is 0 Å². The van der Waals surface area contributed by atoms with E-state index in [1.54, 1.807) is 12.1 Å². The summed E-state index contributed by atoms with van der Waals surface area (Å²) in [6, 6.07) is 7.75. The molecule has 1 aromatic heterocycles. The Bertz CT molecular complexity index is 1230. The molecule has 0 saturated carbocycles. The average Bonchev–Trinajstić information content (AvgIpc) is 3.52. The number of nitriles is 1. The first-order chi connectivity index (χ1) is 20.8. The summed E-state index contributed by atoms with van der Waals surface area (Å²) >= 11 is 0. The average molecular weight is 593 g/mol. The van der Waals surface area contributed by atoms with Gasteiger partial charge < -0.3 is 19.4 Å². The van der Waals surface area contributed by atoms with Gasteiger partial charge in [-0.1, -0.05) is 32.6 Å². The second kappa shape index (κ2) is 17.6. The molecule has 0 N–H and O–H groups in total. The molecule has 43 heavy (non-hydrogen) atoms. The van der Waals surface area contributed by atoms with E-state index >= 15 is 0 Å². The molecule has 0 unspecified atom stereocenters. The maximum Gasteiger partial charge on any atom is 0.318 e. The summed E-state index contributed by atoms with van der Waals surface area (Å²) in [7, 11) is 2.17. The molecule has 1 atom stereocenters. The number of halogens is 1. The van der Waals surface area contributed by atoms with Gasteiger partial charge in [-0.05, 0) is 101 Å². The molecule has 2 saturated heterocycles. The van der Waals surface area contributed by atoms with Gasteiger partial charge in [0.15, 0.2) is 0 Å². The lowest BCUT2D eigenvalue weighted by molar-refractivity contribution is -0.126. The minimum atomic E-state index is -0.0859. The number of carbonyl (C=O) groups is 1. The van der Waals surface area contributed by atoms with Crippen molar-refractivity contribution in [1.82, 2.24) is 19.8 Å². The van der Waals surface area contributed by atoms with Crippen LogP contribution in [-0.2, 0) is 30.5 Å². The fraction of sp³-hybridized carbons (Fsp3) is 0.588. The van der Waals surface area contributed by atoms with Crippen LogP contribution >= 0.6 is 0 Å². The van der Waals surface area contributed by atoms with Crippen molar-refractivity contribution in [1.29, 1.82) is 5.26 Å². The van der Waals surface area contributed by atoms with E-state index in [0.29, 0.717) is 51.1 Å². The Morgan fingerprint density at radius 3 is 2.40 bits per heavy atom. The van der Waals surface area contributed by atoms with Crippen LogP contribution in [0.5, 0.6) is 6.01 Å². The fourth-order valence-electron chi connectivity index (χ4n) is 5.91. The van der Waals surface area contributed by atoms with Gasteiger partial charge in [0.05, 0.1) is 18.4 Å². The minimum absolute atomic E-state index is 0.0298. The molecule has 3 heterocycles. The van der Waals surface area contributed by atoms with Gasteiger partial charge in [-0.2, -0.15) is 15.2 Å². The van der Waals surface area contributed by atoms with E-state index in [-0.39, 0.29) is 11.7 Å². The van der Waals surface area contributed by atoms with E-state index in [2.05, 4.69) is 30.4 Å². The maximum absolute atomic E-state index is 14.2. The van der Waals surface area contributed by atoms with Gasteiger partial charge in [-0.15, -0.1) is 0 Å². The lowest BCUT2D eigenvalue weighted by Crippen LogP contribution is -2.49. The minimum Gasteiger partial charge on any atom is -0.464 e. The first kappa shape index (κ1) is 34.0. The molecule has 3 aliphatic rings. The standard InChI is InChI=1S/C26H33FN4O2.C5H11N.C3H5N/c1-4-20-23(17-18-10-11-21-19(16-18)8-7-9-22(21)27)28-26(33-6-3)29-25(20)31-14-12-30(13-15-31)24(32)5-2;1-6-4-2-3-5-6;1-2-3-4/h5,7-9,18H,2,4,6,10-17H2,1,3H3;2-5H2,1H3;2H2,1H3/t18-;;/m1../s1. The summed E-state index contributed by atoms with van der Waals surface area (Å²) in [5.41, 5.74) is 4.16. The molecular formula is C34H49FN6O2. The summed E-state index contributed by atoms with van der Waals surface area (Å²) in [4.78, 5) is 28.0. The zero-order valence-electron chi connectivity index (χ0n) is 26.6. The molecule has 8 nitrogen and oxygen atoms in total. The summed E-state index contributed by atoms with van der Waals surface area (Å²) < 4.78 is 19.9. The van der Waals surface area contributed by atoms with Crippen molar-refractivity contribution in [2.45, 2.75) is 72.1 Å². The van der Waals surface area contributed by atoms with Crippen LogP contribution in [0.4, 0.5) is 10.2 Å². The second-order valence-electron chi connectivity index (χ2n) is 11.3. The number of piperazine rings is 1. The van der Waals surface area contributed by atoms with Gasteiger partial charge in [0.2, 0.25) is 5.91 Å². The highest BCUT2D eigenvalue weighted by atomic mass is 19.1. The monoisotopic (exact) mass is 592 g/mol. The highest BCUT2D eigenvalue weighted by Crippen LogP contribution is 2.32. The highest BCUT2D eigenvalue weighted by Gasteiger charge is 2.27. The van der Waals surface area contributed by atoms with Gasteiger partial charge in [0, 0.05) is 38.2 Å². The number of hydrogen-bond donors (Lipinski definition) is 0. The summed E-state index contributed by atoms with van der Waals surface area (Å²) in [6.07, 6.45) is 9.04. The number of fused-ring (bicyclic) bond motifs is 1. The van der Waals surface area contributed by atoms with Gasteiger partial charge in [0.25, 0.3) is 0 Å². The molecule has 1 aromatic carbocycles. The summed E-state index contributed by atoms with van der Waals surface area (Å²) in [6.45, 7) is 15.3. The summed E-state index contributed by atoms with van der Waals surface area (Å²) in [5, 5.41) is 7.62. The topological polar surface area (TPSA) is 85.6 Å². The van der Waals surface area contributed by atoms with Gasteiger partial charge in [-0.25, -0.2) is 4.39 Å². The molecular weight excluding hydrogens is 543 g/mol. The number of amides is 1. The first-order valence-corrected chi connectivity index (χ1v) is 15.9. The Labute approximate surface area is 257 Å². The number of ether oxygens (including phenoxy) is 1. The number of nitrogens with zero attached hydrogens (tertiary/aromatic N) is 6. The van der Waals surface area contributed by atoms with Crippen molar-refractivity contribution in [2.24, 2.45) is 5.92 Å². The molecule has 0 bridgehead atoms. The van der Waals surface area contributed by atoms with E-state index < -0.39 is 0 Å². The Morgan fingerprint density at radius 1 is 1.14 bits per heavy atom. The largest absolute Gasteiger partial charge is 0.464 e. The maximum atomic E-state index is 14.2. The van der Waals surface area contributed by atoms with E-state index in [0.717, 1.165) is 60.3 Å². The van der Waals surface area contributed by atoms with E-state index in [1.807, 2.05) is 30.9 Å². The van der Waals surface area contributed by atoms with Crippen LogP contribution < -0.4 is 9.64 Å². The predicted molar refractivity (Wildman–Crippen MR) is 170 cm³/mol. The van der Waals surface area contributed by atoms with E-state index in [1.165, 1.54) is 32.0 Å². The Kier molecular flexibility index (Phi) is 13.9. The third-order valence-corrected chi connectivity index (χ3v) is 8.24. The van der Waals surface area contributed by atoms with Crippen molar-refractivity contribution in [3.63, 3.8) is 0 Å². The van der Waals surface area contributed by atoms with Gasteiger partial charge in [-0.3, -0.25) is 4.79 Å². The third-order valence-electron chi connectivity index (χ3n) is 8.24. The van der Waals surface area contributed by atoms with Crippen molar-refractivity contribution >= 4 is 11.7 Å². The van der Waals surface area contributed by atoms with Crippen molar-refractivity contribution in [3.8, 4) is 12.1 Å². The molecule has 1 amide bonds. The highest BCUT2D eigenvalue weighted by molar-refractivity contribution is 5.87. The lowest BCUT2D eigenvalue weighted by Gasteiger charge is -2.36. The van der Waals surface area contributed by atoms with Crippen LogP contribution in [0.15, 0.2) is 30.9 Å². The molecule has 5 rings (SSSR count). The van der Waals surface area contributed by atoms with Crippen molar-refractivity contribution in [3.05, 3.63) is 59.1 Å². The second-order valence-corrected chi connectivity index (χ2v) is 11.3. The quantitative estimate of drug-likeness (QED) is 0.399. The number of hydrogen-bond acceptors (Lipinski definition) is 7.